The van der Waals surface area contributed by atoms with Crippen molar-refractivity contribution in [2.24, 2.45) is 0 Å². The Labute approximate surface area is 223 Å². The van der Waals surface area contributed by atoms with E-state index in [1.807, 2.05) is 47.0 Å². The minimum absolute atomic E-state index is 1.21. The Morgan fingerprint density at radius 2 is 0.912 bits per heavy atom. The molecule has 2 aliphatic heterocycles. The first-order valence-corrected chi connectivity index (χ1v) is 16.2. The first kappa shape index (κ1) is 26.1. The van der Waals surface area contributed by atoms with Gasteiger partial charge in [0.05, 0.1) is 8.47 Å². The van der Waals surface area contributed by atoms with Crippen molar-refractivity contribution in [3.8, 4) is 0 Å². The summed E-state index contributed by atoms with van der Waals surface area (Å²) in [5.41, 5.74) is 5.64. The van der Waals surface area contributed by atoms with E-state index in [9.17, 15) is 0 Å². The highest BCUT2D eigenvalue weighted by molar-refractivity contribution is 8.36. The van der Waals surface area contributed by atoms with Gasteiger partial charge in [-0.05, 0) is 58.8 Å². The second-order valence-electron chi connectivity index (χ2n) is 8.99. The van der Waals surface area contributed by atoms with Crippen LogP contribution in [0.3, 0.4) is 0 Å². The molecule has 0 unspecified atom stereocenters. The van der Waals surface area contributed by atoms with Crippen molar-refractivity contribution in [3.05, 3.63) is 90.1 Å². The highest BCUT2D eigenvalue weighted by Gasteiger charge is 2.23. The normalized spacial score (nSPS) is 17.8. The molecule has 0 N–H and O–H groups in total. The summed E-state index contributed by atoms with van der Waals surface area (Å²) < 4.78 is 2.85. The van der Waals surface area contributed by atoms with E-state index < -0.39 is 0 Å². The Kier molecular flexibility index (Phi) is 10.7. The third kappa shape index (κ3) is 7.53. The molecule has 0 aromatic heterocycles. The van der Waals surface area contributed by atoms with Gasteiger partial charge in [0, 0.05) is 9.81 Å². The van der Waals surface area contributed by atoms with Crippen molar-refractivity contribution in [2.45, 2.75) is 78.1 Å². The van der Waals surface area contributed by atoms with Crippen LogP contribution in [0.2, 0.25) is 0 Å². The first-order chi connectivity index (χ1) is 16.8. The van der Waals surface area contributed by atoms with Gasteiger partial charge < -0.3 is 0 Å². The van der Waals surface area contributed by atoms with Gasteiger partial charge in [0.15, 0.2) is 0 Å². The smallest absolute Gasteiger partial charge is 0.0700 e. The summed E-state index contributed by atoms with van der Waals surface area (Å²) in [5.74, 6) is 0. The number of unbranched alkanes of at least 4 members (excludes halogenated alkanes) is 6. The Bertz CT molecular complexity index is 929. The SMILES string of the molecule is CCCCCCc1ccc(C2=CS/C(=C3\SC=C(c4ccc(CCCCCC)cc4)S3)S2)cc1. The molecular formula is C30H36S4. The van der Waals surface area contributed by atoms with Gasteiger partial charge in [-0.1, -0.05) is 148 Å². The van der Waals surface area contributed by atoms with Gasteiger partial charge >= 0.3 is 0 Å². The molecular weight excluding hydrogens is 489 g/mol. The van der Waals surface area contributed by atoms with Crippen LogP contribution in [0.15, 0.2) is 67.8 Å². The molecule has 0 saturated carbocycles. The van der Waals surface area contributed by atoms with E-state index in [4.69, 9.17) is 0 Å². The molecule has 0 nitrogen and oxygen atoms in total. The van der Waals surface area contributed by atoms with E-state index in [0.29, 0.717) is 0 Å². The van der Waals surface area contributed by atoms with Crippen molar-refractivity contribution in [3.63, 3.8) is 0 Å². The number of hydrogen-bond donors (Lipinski definition) is 0. The topological polar surface area (TPSA) is 0 Å². The molecule has 2 heterocycles. The van der Waals surface area contributed by atoms with Crippen molar-refractivity contribution in [1.29, 1.82) is 0 Å². The molecule has 2 aromatic rings. The van der Waals surface area contributed by atoms with Crippen molar-refractivity contribution in [2.75, 3.05) is 0 Å². The predicted molar refractivity (Wildman–Crippen MR) is 162 cm³/mol. The molecule has 34 heavy (non-hydrogen) atoms. The van der Waals surface area contributed by atoms with Crippen LogP contribution >= 0.6 is 47.0 Å². The van der Waals surface area contributed by atoms with Crippen molar-refractivity contribution >= 4 is 56.9 Å². The van der Waals surface area contributed by atoms with Gasteiger partial charge in [0.2, 0.25) is 0 Å². The lowest BCUT2D eigenvalue weighted by molar-refractivity contribution is 0.667. The van der Waals surface area contributed by atoms with Crippen molar-refractivity contribution in [1.82, 2.24) is 0 Å². The van der Waals surface area contributed by atoms with Crippen LogP contribution < -0.4 is 0 Å². The summed E-state index contributed by atoms with van der Waals surface area (Å²) in [5, 5.41) is 4.66. The Morgan fingerprint density at radius 1 is 0.500 bits per heavy atom. The largest absolute Gasteiger partial charge is 0.0878 e. The van der Waals surface area contributed by atoms with Gasteiger partial charge in [0.25, 0.3) is 0 Å². The van der Waals surface area contributed by atoms with E-state index in [1.165, 1.54) is 105 Å². The number of hydrogen-bond acceptors (Lipinski definition) is 4. The fraction of sp³-hybridized carbons (Fsp3) is 0.400. The minimum Gasteiger partial charge on any atom is -0.0878 e. The fourth-order valence-electron chi connectivity index (χ4n) is 4.13. The van der Waals surface area contributed by atoms with E-state index >= 15 is 0 Å². The summed E-state index contributed by atoms with van der Waals surface area (Å²) in [6, 6.07) is 18.5. The molecule has 0 saturated heterocycles. The summed E-state index contributed by atoms with van der Waals surface area (Å²) in [4.78, 5) is 2.76. The first-order valence-electron chi connectivity index (χ1n) is 12.8. The third-order valence-electron chi connectivity index (χ3n) is 6.23. The van der Waals surface area contributed by atoms with Gasteiger partial charge in [-0.15, -0.1) is 0 Å². The molecule has 0 aliphatic carbocycles. The van der Waals surface area contributed by atoms with E-state index in [2.05, 4.69) is 73.2 Å². The quantitative estimate of drug-likeness (QED) is 0.253. The highest BCUT2D eigenvalue weighted by Crippen LogP contribution is 2.58. The monoisotopic (exact) mass is 524 g/mol. The molecule has 0 atom stereocenters. The van der Waals surface area contributed by atoms with E-state index in [-0.39, 0.29) is 0 Å². The van der Waals surface area contributed by atoms with Gasteiger partial charge in [-0.3, -0.25) is 0 Å². The maximum absolute atomic E-state index is 2.33. The average Bonchev–Trinajstić information content (AvgIpc) is 3.56. The fourth-order valence-corrected chi connectivity index (χ4v) is 9.06. The van der Waals surface area contributed by atoms with Gasteiger partial charge in [0.1, 0.15) is 0 Å². The summed E-state index contributed by atoms with van der Waals surface area (Å²) in [6.45, 7) is 4.55. The maximum Gasteiger partial charge on any atom is 0.0700 e. The lowest BCUT2D eigenvalue weighted by Gasteiger charge is -2.07. The highest BCUT2D eigenvalue weighted by atomic mass is 32.2. The third-order valence-corrected chi connectivity index (χ3v) is 11.6. The summed E-state index contributed by atoms with van der Waals surface area (Å²) in [6.07, 6.45) is 13.0. The second kappa shape index (κ2) is 14.0. The van der Waals surface area contributed by atoms with Crippen LogP contribution in [0, 0.1) is 0 Å². The molecule has 180 valence electrons. The molecule has 0 radical (unpaired) electrons. The number of thioether (sulfide) groups is 4. The predicted octanol–water partition coefficient (Wildman–Crippen LogP) is 11.3. The van der Waals surface area contributed by atoms with Gasteiger partial charge in [-0.25, -0.2) is 0 Å². The van der Waals surface area contributed by atoms with Crippen LogP contribution in [-0.2, 0) is 12.8 Å². The number of aryl methyl sites for hydroxylation is 2. The zero-order chi connectivity index (χ0) is 23.6. The molecule has 0 spiro atoms. The Balaban J connectivity index is 1.28. The summed E-state index contributed by atoms with van der Waals surface area (Å²) in [7, 11) is 0. The molecule has 2 aromatic carbocycles. The number of benzene rings is 2. The second-order valence-corrected chi connectivity index (χ2v) is 13.4. The molecule has 0 bridgehead atoms. The average molecular weight is 525 g/mol. The van der Waals surface area contributed by atoms with Crippen LogP contribution in [0.1, 0.15) is 87.5 Å². The van der Waals surface area contributed by atoms with Crippen LogP contribution in [0.4, 0.5) is 0 Å². The van der Waals surface area contributed by atoms with Crippen LogP contribution in [0.5, 0.6) is 0 Å². The van der Waals surface area contributed by atoms with Crippen LogP contribution in [0.25, 0.3) is 9.81 Å². The maximum atomic E-state index is 2.33. The standard InChI is InChI=1S/C30H36S4/c1-3-5-7-9-11-23-13-17-25(18-14-23)27-21-31-29(33-27)30-32-22-28(34-30)26-19-15-24(16-20-26)12-10-8-6-4-2/h13-22H,3-12H2,1-2H3/b30-29-. The lowest BCUT2D eigenvalue weighted by Crippen LogP contribution is -1.87. The number of rotatable bonds is 12. The Morgan fingerprint density at radius 3 is 1.29 bits per heavy atom. The minimum atomic E-state index is 1.21. The zero-order valence-electron chi connectivity index (χ0n) is 20.5. The lowest BCUT2D eigenvalue weighted by atomic mass is 10.0. The van der Waals surface area contributed by atoms with Gasteiger partial charge in [-0.2, -0.15) is 0 Å². The molecule has 4 heteroatoms. The van der Waals surface area contributed by atoms with E-state index in [0.717, 1.165) is 0 Å². The van der Waals surface area contributed by atoms with E-state index in [1.54, 1.807) is 0 Å². The molecule has 0 amide bonds. The summed E-state index contributed by atoms with van der Waals surface area (Å²) >= 11 is 7.63. The molecule has 4 rings (SSSR count). The van der Waals surface area contributed by atoms with Crippen molar-refractivity contribution < 1.29 is 0 Å². The zero-order valence-corrected chi connectivity index (χ0v) is 23.7. The molecule has 2 aliphatic rings. The van der Waals surface area contributed by atoms with Crippen LogP contribution in [-0.4, -0.2) is 0 Å². The Hall–Kier alpha value is -0.940. The molecule has 0 fully saturated rings.